The Hall–Kier alpha value is -2.84. The summed E-state index contributed by atoms with van der Waals surface area (Å²) in [6.07, 6.45) is 2.04. The Labute approximate surface area is 188 Å². The number of esters is 1. The Morgan fingerprint density at radius 3 is 2.55 bits per heavy atom. The maximum absolute atomic E-state index is 13.3. The highest BCUT2D eigenvalue weighted by Gasteiger charge is 2.23. The minimum atomic E-state index is -0.342. The first kappa shape index (κ1) is 21.4. The van der Waals surface area contributed by atoms with Gasteiger partial charge in [-0.15, -0.1) is 11.8 Å². The van der Waals surface area contributed by atoms with Crippen LogP contribution in [0.2, 0.25) is 0 Å². The van der Waals surface area contributed by atoms with Crippen molar-refractivity contribution in [3.63, 3.8) is 0 Å². The van der Waals surface area contributed by atoms with E-state index in [2.05, 4.69) is 17.4 Å². The molecule has 0 aliphatic carbocycles. The number of benzene rings is 2. The van der Waals surface area contributed by atoms with Crippen molar-refractivity contribution in [1.29, 1.82) is 0 Å². The van der Waals surface area contributed by atoms with Gasteiger partial charge in [-0.3, -0.25) is 4.40 Å². The third-order valence-corrected chi connectivity index (χ3v) is 6.77. The average molecular weight is 456 g/mol. The summed E-state index contributed by atoms with van der Waals surface area (Å²) in [5.41, 5.74) is 3.50. The van der Waals surface area contributed by atoms with E-state index in [4.69, 9.17) is 9.72 Å². The van der Waals surface area contributed by atoms with Crippen molar-refractivity contribution in [1.82, 2.24) is 9.38 Å². The number of nitrogens with zero attached hydrogens (tertiary/aromatic N) is 2. The maximum Gasteiger partial charge on any atom is 0.350 e. The fourth-order valence-electron chi connectivity index (χ4n) is 3.33. The van der Waals surface area contributed by atoms with E-state index in [9.17, 15) is 9.18 Å². The van der Waals surface area contributed by atoms with Gasteiger partial charge in [0.1, 0.15) is 22.2 Å². The van der Waals surface area contributed by atoms with Gasteiger partial charge in [-0.2, -0.15) is 0 Å². The number of carbonyl (C=O) groups excluding carboxylic acids is 1. The van der Waals surface area contributed by atoms with Crippen LogP contribution in [0.15, 0.2) is 53.4 Å². The summed E-state index contributed by atoms with van der Waals surface area (Å²) in [7, 11) is 0. The summed E-state index contributed by atoms with van der Waals surface area (Å²) in [6.45, 7) is 4.49. The number of hydrogen-bond donors (Lipinski definition) is 1. The highest BCUT2D eigenvalue weighted by molar-refractivity contribution is 7.98. The second-order valence-corrected chi connectivity index (χ2v) is 8.73. The molecule has 4 aromatic rings. The summed E-state index contributed by atoms with van der Waals surface area (Å²) in [4.78, 5) is 19.6. The second-order valence-electron chi connectivity index (χ2n) is 6.87. The Bertz CT molecular complexity index is 1210. The molecule has 0 fully saturated rings. The molecule has 0 spiro atoms. The molecule has 0 aliphatic rings. The Balaban J connectivity index is 1.78. The molecule has 0 bridgehead atoms. The number of halogens is 1. The first-order valence-corrected chi connectivity index (χ1v) is 11.9. The number of anilines is 1. The molecule has 2 aromatic carbocycles. The molecule has 0 amide bonds. The van der Waals surface area contributed by atoms with Gasteiger partial charge in [0.2, 0.25) is 0 Å². The van der Waals surface area contributed by atoms with Crippen molar-refractivity contribution >= 4 is 39.8 Å². The van der Waals surface area contributed by atoms with Crippen molar-refractivity contribution in [2.45, 2.75) is 25.3 Å². The summed E-state index contributed by atoms with van der Waals surface area (Å²) in [5.74, 6) is 0.184. The van der Waals surface area contributed by atoms with Crippen LogP contribution in [0, 0.1) is 12.7 Å². The van der Waals surface area contributed by atoms with E-state index in [1.54, 1.807) is 30.8 Å². The predicted octanol–water partition coefficient (Wildman–Crippen LogP) is 6.02. The Morgan fingerprint density at radius 2 is 1.90 bits per heavy atom. The minimum Gasteiger partial charge on any atom is -0.462 e. The van der Waals surface area contributed by atoms with Gasteiger partial charge in [0.05, 0.1) is 6.61 Å². The fourth-order valence-corrected chi connectivity index (χ4v) is 4.76. The minimum absolute atomic E-state index is 0.266. The van der Waals surface area contributed by atoms with Crippen LogP contribution in [0.3, 0.4) is 0 Å². The van der Waals surface area contributed by atoms with E-state index in [0.29, 0.717) is 23.0 Å². The normalized spacial score (nSPS) is 11.1. The number of carbonyl (C=O) groups is 1. The lowest BCUT2D eigenvalue weighted by Crippen LogP contribution is -2.07. The largest absolute Gasteiger partial charge is 0.462 e. The molecule has 1 N–H and O–H groups in total. The highest BCUT2D eigenvalue weighted by atomic mass is 32.2. The zero-order valence-corrected chi connectivity index (χ0v) is 19.1. The Kier molecular flexibility index (Phi) is 6.29. The topological polar surface area (TPSA) is 55.6 Å². The Morgan fingerprint density at radius 1 is 1.19 bits per heavy atom. The van der Waals surface area contributed by atoms with Crippen molar-refractivity contribution in [3.8, 4) is 11.3 Å². The molecule has 8 heteroatoms. The molecule has 4 rings (SSSR count). The molecule has 0 saturated carbocycles. The highest BCUT2D eigenvalue weighted by Crippen LogP contribution is 2.35. The van der Waals surface area contributed by atoms with E-state index < -0.39 is 0 Å². The van der Waals surface area contributed by atoms with Gasteiger partial charge in [-0.05, 0) is 49.9 Å². The van der Waals surface area contributed by atoms with Crippen LogP contribution in [-0.2, 0) is 11.3 Å². The van der Waals surface area contributed by atoms with E-state index in [0.717, 1.165) is 28.3 Å². The molecule has 0 radical (unpaired) electrons. The van der Waals surface area contributed by atoms with E-state index in [1.807, 2.05) is 29.7 Å². The molecule has 0 unspecified atom stereocenters. The lowest BCUT2D eigenvalue weighted by Gasteiger charge is -2.10. The van der Waals surface area contributed by atoms with Crippen LogP contribution in [0.25, 0.3) is 16.2 Å². The van der Waals surface area contributed by atoms with Crippen LogP contribution in [0.1, 0.15) is 27.9 Å². The summed E-state index contributed by atoms with van der Waals surface area (Å²) in [6, 6.07) is 14.6. The van der Waals surface area contributed by atoms with Crippen LogP contribution in [-0.4, -0.2) is 28.2 Å². The summed E-state index contributed by atoms with van der Waals surface area (Å²) >= 11 is 3.00. The number of aromatic nitrogens is 2. The molecule has 2 aromatic heterocycles. The van der Waals surface area contributed by atoms with Crippen molar-refractivity contribution in [2.24, 2.45) is 0 Å². The predicted molar refractivity (Wildman–Crippen MR) is 125 cm³/mol. The number of imidazole rings is 1. The molecule has 31 heavy (non-hydrogen) atoms. The first-order chi connectivity index (χ1) is 15.0. The molecule has 0 aliphatic heterocycles. The molecule has 0 atom stereocenters. The van der Waals surface area contributed by atoms with Crippen LogP contribution < -0.4 is 5.32 Å². The van der Waals surface area contributed by atoms with Gasteiger partial charge in [0, 0.05) is 22.7 Å². The zero-order valence-electron chi connectivity index (χ0n) is 17.4. The van der Waals surface area contributed by atoms with Gasteiger partial charge in [0.25, 0.3) is 0 Å². The number of thiazole rings is 1. The molecule has 160 valence electrons. The molecular weight excluding hydrogens is 433 g/mol. The average Bonchev–Trinajstić information content (AvgIpc) is 3.30. The quantitative estimate of drug-likeness (QED) is 0.273. The second kappa shape index (κ2) is 9.11. The van der Waals surface area contributed by atoms with Gasteiger partial charge >= 0.3 is 5.97 Å². The van der Waals surface area contributed by atoms with E-state index in [-0.39, 0.29) is 11.8 Å². The number of fused-ring (bicyclic) bond motifs is 1. The first-order valence-electron chi connectivity index (χ1n) is 9.83. The number of hydrogen-bond acceptors (Lipinski definition) is 6. The molecular formula is C23H22FN3O2S2. The number of rotatable bonds is 7. The summed E-state index contributed by atoms with van der Waals surface area (Å²) < 4.78 is 20.4. The zero-order chi connectivity index (χ0) is 22.0. The van der Waals surface area contributed by atoms with E-state index in [1.165, 1.54) is 28.4 Å². The summed E-state index contributed by atoms with van der Waals surface area (Å²) in [5, 5.41) is 3.45. The van der Waals surface area contributed by atoms with Gasteiger partial charge in [-0.1, -0.05) is 35.6 Å². The van der Waals surface area contributed by atoms with Crippen LogP contribution in [0.4, 0.5) is 10.2 Å². The number of nitrogens with one attached hydrogen (secondary N) is 1. The number of ether oxygens (including phenoxy) is 1. The van der Waals surface area contributed by atoms with Crippen molar-refractivity contribution in [3.05, 3.63) is 70.5 Å². The third-order valence-electron chi connectivity index (χ3n) is 4.90. The fraction of sp³-hybridized carbons (Fsp3) is 0.217. The lowest BCUT2D eigenvalue weighted by molar-refractivity contribution is 0.0531. The SMILES string of the molecule is CCOC(=O)c1sc2nc(-c3ccc(SC)cc3)c(NCc3ccc(F)cc3)n2c1C. The van der Waals surface area contributed by atoms with Gasteiger partial charge in [0.15, 0.2) is 4.96 Å². The van der Waals surface area contributed by atoms with E-state index >= 15 is 0 Å². The van der Waals surface area contributed by atoms with Crippen molar-refractivity contribution in [2.75, 3.05) is 18.2 Å². The van der Waals surface area contributed by atoms with Gasteiger partial charge in [-0.25, -0.2) is 14.2 Å². The maximum atomic E-state index is 13.3. The number of aryl methyl sites for hydroxylation is 1. The van der Waals surface area contributed by atoms with Crippen molar-refractivity contribution < 1.29 is 13.9 Å². The molecule has 0 saturated heterocycles. The molecule has 2 heterocycles. The van der Waals surface area contributed by atoms with Crippen LogP contribution in [0.5, 0.6) is 0 Å². The third kappa shape index (κ3) is 4.31. The lowest BCUT2D eigenvalue weighted by atomic mass is 10.1. The number of thioether (sulfide) groups is 1. The van der Waals surface area contributed by atoms with Crippen LogP contribution >= 0.6 is 23.1 Å². The monoisotopic (exact) mass is 455 g/mol. The standard InChI is InChI=1S/C23H22FN3O2S2/c1-4-29-22(28)20-14(2)27-21(25-13-15-5-9-17(24)10-6-15)19(26-23(27)31-20)16-7-11-18(30-3)12-8-16/h5-12,25H,4,13H2,1-3H3. The van der Waals surface area contributed by atoms with Gasteiger partial charge < -0.3 is 10.1 Å². The smallest absolute Gasteiger partial charge is 0.350 e. The molecule has 5 nitrogen and oxygen atoms in total.